The van der Waals surface area contributed by atoms with E-state index in [4.69, 9.17) is 9.47 Å². The number of benzene rings is 3. The van der Waals surface area contributed by atoms with E-state index in [1.54, 1.807) is 37.4 Å². The standard InChI is InChI=1S/C29H29NO5/c1-4-15-30-26(21-11-8-12-23(17-21)34-3)25(28(32)29(30)33)27(31)22-13-14-24(19(2)16-22)35-18-20-9-6-5-7-10-20/h5-14,16-17,26,31H,4,15,18H2,1-3H3/b27-25-. The van der Waals surface area contributed by atoms with E-state index >= 15 is 0 Å². The fourth-order valence-corrected chi connectivity index (χ4v) is 4.36. The van der Waals surface area contributed by atoms with Crippen LogP contribution in [-0.2, 0) is 16.2 Å². The van der Waals surface area contributed by atoms with E-state index in [1.807, 2.05) is 56.3 Å². The third kappa shape index (κ3) is 4.92. The Kier molecular flexibility index (Phi) is 7.20. The van der Waals surface area contributed by atoms with Crippen LogP contribution >= 0.6 is 0 Å². The van der Waals surface area contributed by atoms with Crippen molar-refractivity contribution in [1.82, 2.24) is 4.90 Å². The van der Waals surface area contributed by atoms with Crippen molar-refractivity contribution in [3.63, 3.8) is 0 Å². The van der Waals surface area contributed by atoms with Crippen LogP contribution in [0, 0.1) is 6.92 Å². The normalized spacial score (nSPS) is 17.0. The molecule has 35 heavy (non-hydrogen) atoms. The van der Waals surface area contributed by atoms with Crippen molar-refractivity contribution in [3.8, 4) is 11.5 Å². The molecule has 0 aliphatic carbocycles. The summed E-state index contributed by atoms with van der Waals surface area (Å²) in [5, 5.41) is 11.3. The molecule has 0 spiro atoms. The van der Waals surface area contributed by atoms with E-state index in [1.165, 1.54) is 4.90 Å². The molecule has 1 N–H and O–H groups in total. The number of Topliss-reactive ketones (excluding diaryl/α,β-unsaturated/α-hetero) is 1. The minimum Gasteiger partial charge on any atom is -0.507 e. The van der Waals surface area contributed by atoms with Crippen molar-refractivity contribution in [1.29, 1.82) is 0 Å². The van der Waals surface area contributed by atoms with Gasteiger partial charge in [-0.15, -0.1) is 0 Å². The van der Waals surface area contributed by atoms with Gasteiger partial charge in [-0.1, -0.05) is 49.4 Å². The Bertz CT molecular complexity index is 1270. The molecule has 0 aromatic heterocycles. The number of ether oxygens (including phenoxy) is 2. The van der Waals surface area contributed by atoms with E-state index in [9.17, 15) is 14.7 Å². The predicted octanol–water partition coefficient (Wildman–Crippen LogP) is 5.41. The molecule has 4 rings (SSSR count). The van der Waals surface area contributed by atoms with E-state index in [-0.39, 0.29) is 11.3 Å². The molecule has 1 amide bonds. The molecule has 1 aliphatic heterocycles. The van der Waals surface area contributed by atoms with Crippen LogP contribution in [0.25, 0.3) is 5.76 Å². The number of aliphatic hydroxyl groups excluding tert-OH is 1. The molecule has 6 nitrogen and oxygen atoms in total. The molecule has 1 aliphatic rings. The molecule has 1 saturated heterocycles. The van der Waals surface area contributed by atoms with Crippen molar-refractivity contribution in [3.05, 3.63) is 101 Å². The van der Waals surface area contributed by atoms with Gasteiger partial charge in [-0.2, -0.15) is 0 Å². The summed E-state index contributed by atoms with van der Waals surface area (Å²) in [6.45, 7) is 4.64. The Hall–Kier alpha value is -4.06. The third-order valence-electron chi connectivity index (χ3n) is 6.10. The monoisotopic (exact) mass is 471 g/mol. The maximum atomic E-state index is 13.1. The molecule has 0 bridgehead atoms. The van der Waals surface area contributed by atoms with Gasteiger partial charge in [-0.3, -0.25) is 9.59 Å². The van der Waals surface area contributed by atoms with Crippen LogP contribution in [0.4, 0.5) is 0 Å². The highest BCUT2D eigenvalue weighted by atomic mass is 16.5. The van der Waals surface area contributed by atoms with Gasteiger partial charge in [0.15, 0.2) is 0 Å². The van der Waals surface area contributed by atoms with Gasteiger partial charge >= 0.3 is 0 Å². The quantitative estimate of drug-likeness (QED) is 0.270. The van der Waals surface area contributed by atoms with Crippen LogP contribution in [-0.4, -0.2) is 35.4 Å². The SMILES string of the molecule is CCCN1C(=O)C(=O)/C(=C(\O)c2ccc(OCc3ccccc3)c(C)c2)C1c1cccc(OC)c1. The average Bonchev–Trinajstić information content (AvgIpc) is 3.13. The zero-order valence-corrected chi connectivity index (χ0v) is 20.2. The summed E-state index contributed by atoms with van der Waals surface area (Å²) in [6.07, 6.45) is 0.681. The number of hydrogen-bond acceptors (Lipinski definition) is 5. The van der Waals surface area contributed by atoms with Gasteiger partial charge in [-0.05, 0) is 60.4 Å². The molecule has 0 saturated carbocycles. The lowest BCUT2D eigenvalue weighted by atomic mass is 9.94. The largest absolute Gasteiger partial charge is 0.507 e. The number of hydrogen-bond donors (Lipinski definition) is 1. The number of likely N-dealkylation sites (tertiary alicyclic amines) is 1. The second-order valence-electron chi connectivity index (χ2n) is 8.52. The van der Waals surface area contributed by atoms with Crippen LogP contribution < -0.4 is 9.47 Å². The topological polar surface area (TPSA) is 76.1 Å². The fourth-order valence-electron chi connectivity index (χ4n) is 4.36. The number of ketones is 1. The van der Waals surface area contributed by atoms with Crippen LogP contribution in [0.5, 0.6) is 11.5 Å². The summed E-state index contributed by atoms with van der Waals surface area (Å²) in [5.74, 6) is -0.208. The Morgan fingerprint density at radius 3 is 2.46 bits per heavy atom. The molecular weight excluding hydrogens is 442 g/mol. The van der Waals surface area contributed by atoms with Gasteiger partial charge in [0.1, 0.15) is 23.9 Å². The molecule has 3 aromatic carbocycles. The minimum atomic E-state index is -0.695. The first-order valence-corrected chi connectivity index (χ1v) is 11.6. The van der Waals surface area contributed by atoms with Gasteiger partial charge in [0.25, 0.3) is 11.7 Å². The number of nitrogens with zero attached hydrogens (tertiary/aromatic N) is 1. The van der Waals surface area contributed by atoms with Gasteiger partial charge in [0, 0.05) is 12.1 Å². The number of methoxy groups -OCH3 is 1. The van der Waals surface area contributed by atoms with Gasteiger partial charge in [0.2, 0.25) is 0 Å². The van der Waals surface area contributed by atoms with E-state index < -0.39 is 17.7 Å². The molecule has 1 atom stereocenters. The molecular formula is C29H29NO5. The second-order valence-corrected chi connectivity index (χ2v) is 8.52. The lowest BCUT2D eigenvalue weighted by Gasteiger charge is -2.25. The lowest BCUT2D eigenvalue weighted by Crippen LogP contribution is -2.30. The number of carbonyl (C=O) groups is 2. The number of aryl methyl sites for hydroxylation is 1. The maximum absolute atomic E-state index is 13.1. The van der Waals surface area contributed by atoms with Crippen molar-refractivity contribution in [2.75, 3.05) is 13.7 Å². The lowest BCUT2D eigenvalue weighted by molar-refractivity contribution is -0.139. The molecule has 0 radical (unpaired) electrons. The summed E-state index contributed by atoms with van der Waals surface area (Å²) in [6, 6.07) is 21.6. The Morgan fingerprint density at radius 1 is 1.00 bits per heavy atom. The Balaban J connectivity index is 1.71. The van der Waals surface area contributed by atoms with Crippen molar-refractivity contribution < 1.29 is 24.2 Å². The second kappa shape index (κ2) is 10.5. The van der Waals surface area contributed by atoms with Gasteiger partial charge in [-0.25, -0.2) is 0 Å². The predicted molar refractivity (Wildman–Crippen MR) is 134 cm³/mol. The highest BCUT2D eigenvalue weighted by molar-refractivity contribution is 6.46. The summed E-state index contributed by atoms with van der Waals surface area (Å²) in [4.78, 5) is 27.5. The first kappa shape index (κ1) is 24.1. The zero-order valence-electron chi connectivity index (χ0n) is 20.2. The third-order valence-corrected chi connectivity index (χ3v) is 6.10. The Morgan fingerprint density at radius 2 is 1.77 bits per heavy atom. The van der Waals surface area contributed by atoms with Crippen molar-refractivity contribution >= 4 is 17.4 Å². The van der Waals surface area contributed by atoms with Crippen LogP contribution in [0.15, 0.2) is 78.4 Å². The Labute approximate surface area is 205 Å². The molecule has 1 unspecified atom stereocenters. The molecule has 6 heteroatoms. The maximum Gasteiger partial charge on any atom is 0.295 e. The number of aliphatic hydroxyl groups is 1. The van der Waals surface area contributed by atoms with Crippen LogP contribution in [0.3, 0.4) is 0 Å². The molecule has 1 heterocycles. The number of amides is 1. The van der Waals surface area contributed by atoms with Crippen LogP contribution in [0.2, 0.25) is 0 Å². The van der Waals surface area contributed by atoms with E-state index in [2.05, 4.69) is 0 Å². The summed E-state index contributed by atoms with van der Waals surface area (Å²) < 4.78 is 11.3. The highest BCUT2D eigenvalue weighted by Crippen LogP contribution is 2.40. The smallest absolute Gasteiger partial charge is 0.295 e. The van der Waals surface area contributed by atoms with Crippen molar-refractivity contribution in [2.24, 2.45) is 0 Å². The van der Waals surface area contributed by atoms with E-state index in [0.717, 1.165) is 11.1 Å². The van der Waals surface area contributed by atoms with Crippen molar-refractivity contribution in [2.45, 2.75) is 32.9 Å². The zero-order chi connectivity index (χ0) is 24.9. The van der Waals surface area contributed by atoms with Gasteiger partial charge in [0.05, 0.1) is 18.7 Å². The first-order valence-electron chi connectivity index (χ1n) is 11.6. The highest BCUT2D eigenvalue weighted by Gasteiger charge is 2.45. The molecule has 3 aromatic rings. The molecule has 180 valence electrons. The summed E-state index contributed by atoms with van der Waals surface area (Å²) in [5.41, 5.74) is 3.10. The average molecular weight is 472 g/mol. The molecule has 1 fully saturated rings. The number of rotatable bonds is 8. The number of carbonyl (C=O) groups excluding carboxylic acids is 2. The van der Waals surface area contributed by atoms with Gasteiger partial charge < -0.3 is 19.5 Å². The fraction of sp³-hybridized carbons (Fsp3) is 0.241. The van der Waals surface area contributed by atoms with Crippen LogP contribution in [0.1, 0.15) is 41.6 Å². The summed E-state index contributed by atoms with van der Waals surface area (Å²) in [7, 11) is 1.56. The summed E-state index contributed by atoms with van der Waals surface area (Å²) >= 11 is 0. The minimum absolute atomic E-state index is 0.0778. The van der Waals surface area contributed by atoms with E-state index in [0.29, 0.717) is 42.2 Å². The first-order chi connectivity index (χ1) is 16.9.